The average molecular weight is 184 g/mol. The minimum Gasteiger partial charge on any atom is -0.465 e. The third kappa shape index (κ3) is 3.92. The van der Waals surface area contributed by atoms with Crippen molar-refractivity contribution < 1.29 is 9.53 Å². The summed E-state index contributed by atoms with van der Waals surface area (Å²) in [5.41, 5.74) is 5.06. The summed E-state index contributed by atoms with van der Waals surface area (Å²) in [5.74, 6) is 0.0340. The molecule has 1 saturated carbocycles. The summed E-state index contributed by atoms with van der Waals surface area (Å²) in [6, 6.07) is 0. The fourth-order valence-corrected chi connectivity index (χ4v) is 1.59. The molecule has 1 fully saturated rings. The molecular weight excluding hydrogens is 168 g/mol. The lowest BCUT2D eigenvalue weighted by atomic mass is 10.1. The van der Waals surface area contributed by atoms with Gasteiger partial charge in [0.1, 0.15) is 12.3 Å². The highest BCUT2D eigenvalue weighted by Crippen LogP contribution is 2.24. The zero-order valence-electron chi connectivity index (χ0n) is 7.71. The predicted octanol–water partition coefficient (Wildman–Crippen LogP) is 1.05. The predicted molar refractivity (Wildman–Crippen MR) is 49.4 cm³/mol. The van der Waals surface area contributed by atoms with Gasteiger partial charge in [0, 0.05) is 0 Å². The Morgan fingerprint density at radius 3 is 2.62 bits per heavy atom. The Labute approximate surface area is 78.0 Å². The van der Waals surface area contributed by atoms with Crippen LogP contribution in [0.4, 0.5) is 0 Å². The number of hydrogen-bond donors (Lipinski definition) is 2. The lowest BCUT2D eigenvalue weighted by molar-refractivity contribution is -0.143. The zero-order valence-corrected chi connectivity index (χ0v) is 7.71. The van der Waals surface area contributed by atoms with E-state index in [0.29, 0.717) is 12.5 Å². The maximum absolute atomic E-state index is 11.0. The smallest absolute Gasteiger partial charge is 0.313 e. The second-order valence-corrected chi connectivity index (χ2v) is 3.54. The Kier molecular flexibility index (Phi) is 3.73. The molecule has 0 bridgehead atoms. The molecule has 0 saturated heterocycles. The summed E-state index contributed by atoms with van der Waals surface area (Å²) in [7, 11) is 0. The second-order valence-electron chi connectivity index (χ2n) is 3.54. The first-order chi connectivity index (χ1) is 6.18. The van der Waals surface area contributed by atoms with Crippen LogP contribution in [0, 0.1) is 11.3 Å². The van der Waals surface area contributed by atoms with Crippen LogP contribution >= 0.6 is 0 Å². The van der Waals surface area contributed by atoms with Crippen LogP contribution in [0.15, 0.2) is 0 Å². The van der Waals surface area contributed by atoms with Crippen molar-refractivity contribution in [2.75, 3.05) is 6.61 Å². The van der Waals surface area contributed by atoms with Crippen LogP contribution in [0.5, 0.6) is 0 Å². The zero-order chi connectivity index (χ0) is 9.68. The molecule has 0 aromatic heterocycles. The van der Waals surface area contributed by atoms with E-state index in [1.807, 2.05) is 0 Å². The van der Waals surface area contributed by atoms with Gasteiger partial charge in [-0.1, -0.05) is 12.8 Å². The van der Waals surface area contributed by atoms with Gasteiger partial charge in [-0.3, -0.25) is 10.2 Å². The monoisotopic (exact) mass is 184 g/mol. The molecule has 0 amide bonds. The number of carbonyl (C=O) groups excluding carboxylic acids is 1. The second kappa shape index (κ2) is 4.84. The number of ether oxygens (including phenoxy) is 1. The summed E-state index contributed by atoms with van der Waals surface area (Å²) in [4.78, 5) is 11.0. The van der Waals surface area contributed by atoms with Crippen molar-refractivity contribution in [1.29, 1.82) is 5.41 Å². The molecule has 74 valence electrons. The van der Waals surface area contributed by atoms with Crippen molar-refractivity contribution in [1.82, 2.24) is 0 Å². The molecule has 0 atom stereocenters. The molecule has 0 aromatic rings. The first-order valence-corrected chi connectivity index (χ1v) is 4.67. The standard InChI is InChI=1S/C9H16N2O2/c10-8(11)5-9(12)13-6-7-3-1-2-4-7/h7H,1-6H2,(H3,10,11). The highest BCUT2D eigenvalue weighted by atomic mass is 16.5. The molecule has 1 rings (SSSR count). The number of nitrogens with one attached hydrogen (secondary N) is 1. The van der Waals surface area contributed by atoms with E-state index < -0.39 is 0 Å². The van der Waals surface area contributed by atoms with Crippen LogP contribution in [0.25, 0.3) is 0 Å². The molecule has 3 N–H and O–H groups in total. The van der Waals surface area contributed by atoms with Gasteiger partial charge in [0.05, 0.1) is 6.61 Å². The minimum atomic E-state index is -0.376. The van der Waals surface area contributed by atoms with Crippen LogP contribution in [0.1, 0.15) is 32.1 Å². The molecule has 13 heavy (non-hydrogen) atoms. The molecule has 0 aromatic carbocycles. The molecule has 4 heteroatoms. The van der Waals surface area contributed by atoms with Crippen molar-refractivity contribution in [3.8, 4) is 0 Å². The van der Waals surface area contributed by atoms with E-state index in [-0.39, 0.29) is 18.2 Å². The van der Waals surface area contributed by atoms with Crippen LogP contribution in [-0.4, -0.2) is 18.4 Å². The van der Waals surface area contributed by atoms with Crippen molar-refractivity contribution in [3.63, 3.8) is 0 Å². The number of carbonyl (C=O) groups is 1. The van der Waals surface area contributed by atoms with E-state index in [9.17, 15) is 4.79 Å². The number of hydrogen-bond acceptors (Lipinski definition) is 3. The highest BCUT2D eigenvalue weighted by molar-refractivity contribution is 5.94. The normalized spacial score (nSPS) is 17.2. The fourth-order valence-electron chi connectivity index (χ4n) is 1.59. The largest absolute Gasteiger partial charge is 0.465 e. The van der Waals surface area contributed by atoms with Gasteiger partial charge in [-0.05, 0) is 18.8 Å². The number of amidine groups is 1. The van der Waals surface area contributed by atoms with Gasteiger partial charge in [-0.2, -0.15) is 0 Å². The van der Waals surface area contributed by atoms with Gasteiger partial charge in [0.15, 0.2) is 0 Å². The molecule has 0 unspecified atom stereocenters. The Bertz CT molecular complexity index is 198. The van der Waals surface area contributed by atoms with Crippen molar-refractivity contribution in [3.05, 3.63) is 0 Å². The average Bonchev–Trinajstić information content (AvgIpc) is 2.51. The fraction of sp³-hybridized carbons (Fsp3) is 0.778. The van der Waals surface area contributed by atoms with Crippen molar-refractivity contribution >= 4 is 11.8 Å². The summed E-state index contributed by atoms with van der Waals surface area (Å²) >= 11 is 0. The minimum absolute atomic E-state index is 0.0767. The van der Waals surface area contributed by atoms with Gasteiger partial charge in [-0.15, -0.1) is 0 Å². The van der Waals surface area contributed by atoms with Crippen LogP contribution in [0.3, 0.4) is 0 Å². The Balaban J connectivity index is 2.10. The third-order valence-electron chi connectivity index (χ3n) is 2.29. The maximum atomic E-state index is 11.0. The van der Waals surface area contributed by atoms with Crippen LogP contribution in [-0.2, 0) is 9.53 Å². The molecular formula is C9H16N2O2. The Hall–Kier alpha value is -1.06. The molecule has 4 nitrogen and oxygen atoms in total. The summed E-state index contributed by atoms with van der Waals surface area (Å²) < 4.78 is 4.98. The summed E-state index contributed by atoms with van der Waals surface area (Å²) in [5, 5.41) is 6.89. The van der Waals surface area contributed by atoms with E-state index in [1.165, 1.54) is 12.8 Å². The van der Waals surface area contributed by atoms with E-state index in [2.05, 4.69) is 0 Å². The topological polar surface area (TPSA) is 76.2 Å². The van der Waals surface area contributed by atoms with E-state index >= 15 is 0 Å². The molecule has 1 aliphatic carbocycles. The quantitative estimate of drug-likeness (QED) is 0.389. The molecule has 0 radical (unpaired) electrons. The Morgan fingerprint density at radius 1 is 1.46 bits per heavy atom. The molecule has 0 spiro atoms. The van der Waals surface area contributed by atoms with E-state index in [4.69, 9.17) is 15.9 Å². The maximum Gasteiger partial charge on any atom is 0.313 e. The first-order valence-electron chi connectivity index (χ1n) is 4.67. The first kappa shape index (κ1) is 10.0. The van der Waals surface area contributed by atoms with Gasteiger partial charge < -0.3 is 10.5 Å². The molecule has 0 heterocycles. The molecule has 0 aliphatic heterocycles. The van der Waals surface area contributed by atoms with Gasteiger partial charge >= 0.3 is 5.97 Å². The number of rotatable bonds is 4. The SMILES string of the molecule is N=C(N)CC(=O)OCC1CCCC1. The lowest BCUT2D eigenvalue weighted by Gasteiger charge is -2.09. The summed E-state index contributed by atoms with van der Waals surface area (Å²) in [6.07, 6.45) is 4.73. The molecule has 1 aliphatic rings. The Morgan fingerprint density at radius 2 is 2.08 bits per heavy atom. The number of esters is 1. The third-order valence-corrected chi connectivity index (χ3v) is 2.29. The van der Waals surface area contributed by atoms with Gasteiger partial charge in [0.2, 0.25) is 0 Å². The highest BCUT2D eigenvalue weighted by Gasteiger charge is 2.16. The lowest BCUT2D eigenvalue weighted by Crippen LogP contribution is -2.19. The van der Waals surface area contributed by atoms with Gasteiger partial charge in [0.25, 0.3) is 0 Å². The summed E-state index contributed by atoms with van der Waals surface area (Å²) in [6.45, 7) is 0.506. The van der Waals surface area contributed by atoms with E-state index in [1.54, 1.807) is 0 Å². The van der Waals surface area contributed by atoms with Crippen molar-refractivity contribution in [2.45, 2.75) is 32.1 Å². The van der Waals surface area contributed by atoms with E-state index in [0.717, 1.165) is 12.8 Å². The van der Waals surface area contributed by atoms with Gasteiger partial charge in [-0.25, -0.2) is 0 Å². The van der Waals surface area contributed by atoms with Crippen LogP contribution < -0.4 is 5.73 Å². The number of nitrogens with two attached hydrogens (primary N) is 1. The van der Waals surface area contributed by atoms with Crippen LogP contribution in [0.2, 0.25) is 0 Å². The van der Waals surface area contributed by atoms with Crippen molar-refractivity contribution in [2.24, 2.45) is 11.7 Å².